The minimum Gasteiger partial charge on any atom is -0.443 e. The van der Waals surface area contributed by atoms with Gasteiger partial charge in [-0.3, -0.25) is 4.79 Å². The average molecular weight is 285 g/mol. The van der Waals surface area contributed by atoms with Crippen molar-refractivity contribution in [2.45, 2.75) is 52.4 Å². The van der Waals surface area contributed by atoms with Crippen LogP contribution in [0.3, 0.4) is 0 Å². The van der Waals surface area contributed by atoms with Crippen molar-refractivity contribution >= 4 is 18.3 Å². The zero-order chi connectivity index (χ0) is 15.7. The number of likely N-dealkylation sites (tertiary alicyclic amines) is 1. The quantitative estimate of drug-likeness (QED) is 0.579. The molecule has 0 aliphatic carbocycles. The van der Waals surface area contributed by atoms with E-state index < -0.39 is 29.6 Å². The van der Waals surface area contributed by atoms with E-state index in [0.29, 0.717) is 0 Å². The highest BCUT2D eigenvalue weighted by Gasteiger charge is 2.56. The molecule has 1 fully saturated rings. The lowest BCUT2D eigenvalue weighted by atomic mass is 9.77. The Morgan fingerprint density at radius 2 is 1.90 bits per heavy atom. The summed E-state index contributed by atoms with van der Waals surface area (Å²) in [7, 11) is 1.50. The summed E-state index contributed by atoms with van der Waals surface area (Å²) in [5.74, 6) is -1.30. The Labute approximate surface area is 119 Å². The highest BCUT2D eigenvalue weighted by atomic mass is 16.6. The van der Waals surface area contributed by atoms with E-state index in [0.717, 1.165) is 11.2 Å². The molecule has 0 spiro atoms. The predicted molar refractivity (Wildman–Crippen MR) is 72.1 cm³/mol. The van der Waals surface area contributed by atoms with Crippen LogP contribution >= 0.6 is 0 Å². The first-order valence-corrected chi connectivity index (χ1v) is 6.68. The van der Waals surface area contributed by atoms with Crippen LogP contribution in [-0.4, -0.2) is 48.0 Å². The van der Waals surface area contributed by atoms with Gasteiger partial charge in [-0.1, -0.05) is 6.92 Å². The Morgan fingerprint density at radius 3 is 2.30 bits per heavy atom. The molecular weight excluding hydrogens is 262 g/mol. The van der Waals surface area contributed by atoms with E-state index in [9.17, 15) is 14.4 Å². The monoisotopic (exact) mass is 285 g/mol. The number of ether oxygens (including phenoxy) is 2. The molecule has 6 nitrogen and oxygen atoms in total. The Bertz CT molecular complexity index is 401. The van der Waals surface area contributed by atoms with Crippen molar-refractivity contribution in [2.24, 2.45) is 11.8 Å². The Morgan fingerprint density at radius 1 is 1.35 bits per heavy atom. The van der Waals surface area contributed by atoms with Crippen molar-refractivity contribution in [3.05, 3.63) is 0 Å². The maximum atomic E-state index is 12.1. The van der Waals surface area contributed by atoms with Gasteiger partial charge in [0.25, 0.3) is 0 Å². The first kappa shape index (κ1) is 16.6. The second-order valence-corrected chi connectivity index (χ2v) is 6.14. The van der Waals surface area contributed by atoms with Crippen LogP contribution < -0.4 is 0 Å². The van der Waals surface area contributed by atoms with Crippen molar-refractivity contribution in [3.8, 4) is 0 Å². The van der Waals surface area contributed by atoms with E-state index in [-0.39, 0.29) is 12.0 Å². The Hall–Kier alpha value is -1.43. The van der Waals surface area contributed by atoms with Crippen LogP contribution in [0.2, 0.25) is 0 Å². The molecule has 4 atom stereocenters. The SMILES string of the molecule is CO[C@H](C)[C@H]1C(=O)N(C(=O)OC(C)(C)C)[C@@H]1[C@H](C)C=O. The van der Waals surface area contributed by atoms with Gasteiger partial charge < -0.3 is 14.3 Å². The van der Waals surface area contributed by atoms with Crippen LogP contribution in [0.1, 0.15) is 34.6 Å². The molecule has 0 aromatic rings. The number of rotatable bonds is 4. The van der Waals surface area contributed by atoms with E-state index in [4.69, 9.17) is 9.47 Å². The molecule has 0 saturated carbocycles. The topological polar surface area (TPSA) is 72.9 Å². The highest BCUT2D eigenvalue weighted by Crippen LogP contribution is 2.36. The third-order valence-corrected chi connectivity index (χ3v) is 3.41. The molecule has 114 valence electrons. The van der Waals surface area contributed by atoms with Crippen molar-refractivity contribution < 1.29 is 23.9 Å². The van der Waals surface area contributed by atoms with Crippen LogP contribution in [0.4, 0.5) is 4.79 Å². The minimum absolute atomic E-state index is 0.353. The first-order chi connectivity index (χ1) is 9.14. The van der Waals surface area contributed by atoms with Gasteiger partial charge in [-0.2, -0.15) is 0 Å². The van der Waals surface area contributed by atoms with E-state index in [1.165, 1.54) is 7.11 Å². The van der Waals surface area contributed by atoms with Crippen LogP contribution in [0, 0.1) is 11.8 Å². The second kappa shape index (κ2) is 5.91. The van der Waals surface area contributed by atoms with Gasteiger partial charge in [-0.15, -0.1) is 0 Å². The molecule has 20 heavy (non-hydrogen) atoms. The smallest absolute Gasteiger partial charge is 0.417 e. The third kappa shape index (κ3) is 3.17. The standard InChI is InChI=1S/C14H23NO5/c1-8(7-16)11-10(9(2)19-6)12(17)15(11)13(18)20-14(3,4)5/h7-11H,1-6H3/t8-,9-,10-,11-/m1/s1. The summed E-state index contributed by atoms with van der Waals surface area (Å²) in [6.07, 6.45) is -0.321. The summed E-state index contributed by atoms with van der Waals surface area (Å²) >= 11 is 0. The molecule has 6 heteroatoms. The van der Waals surface area contributed by atoms with Crippen LogP contribution in [0.5, 0.6) is 0 Å². The van der Waals surface area contributed by atoms with Crippen molar-refractivity contribution in [2.75, 3.05) is 7.11 Å². The molecule has 1 rings (SSSR count). The molecular formula is C14H23NO5. The normalized spacial score (nSPS) is 25.7. The van der Waals surface area contributed by atoms with Gasteiger partial charge in [0.15, 0.2) is 0 Å². The molecule has 0 aromatic carbocycles. The number of methoxy groups -OCH3 is 1. The summed E-state index contributed by atoms with van der Waals surface area (Å²) < 4.78 is 10.4. The fourth-order valence-corrected chi connectivity index (χ4v) is 2.32. The number of amides is 2. The fourth-order valence-electron chi connectivity index (χ4n) is 2.32. The van der Waals surface area contributed by atoms with E-state index in [1.807, 2.05) is 0 Å². The van der Waals surface area contributed by atoms with E-state index in [2.05, 4.69) is 0 Å². The molecule has 1 aliphatic rings. The molecule has 0 N–H and O–H groups in total. The number of β-lactam (4-membered cyclic amide) rings is 1. The van der Waals surface area contributed by atoms with Gasteiger partial charge in [0, 0.05) is 13.0 Å². The van der Waals surface area contributed by atoms with Crippen molar-refractivity contribution in [1.29, 1.82) is 0 Å². The van der Waals surface area contributed by atoms with Gasteiger partial charge in [0.05, 0.1) is 18.1 Å². The zero-order valence-corrected chi connectivity index (χ0v) is 12.9. The number of nitrogens with zero attached hydrogens (tertiary/aromatic N) is 1. The molecule has 1 heterocycles. The predicted octanol–water partition coefficient (Wildman–Crippen LogP) is 1.62. The molecule has 2 amide bonds. The van der Waals surface area contributed by atoms with Crippen molar-refractivity contribution in [3.63, 3.8) is 0 Å². The van der Waals surface area contributed by atoms with Crippen LogP contribution in [-0.2, 0) is 19.1 Å². The number of carbonyl (C=O) groups excluding carboxylic acids is 3. The number of hydrogen-bond donors (Lipinski definition) is 0. The maximum Gasteiger partial charge on any atom is 0.417 e. The second-order valence-electron chi connectivity index (χ2n) is 6.14. The Balaban J connectivity index is 2.93. The number of imide groups is 1. The van der Waals surface area contributed by atoms with Gasteiger partial charge in [0.2, 0.25) is 5.91 Å². The largest absolute Gasteiger partial charge is 0.443 e. The molecule has 0 unspecified atom stereocenters. The summed E-state index contributed by atoms with van der Waals surface area (Å²) in [6.45, 7) is 8.60. The summed E-state index contributed by atoms with van der Waals surface area (Å²) in [5, 5.41) is 0. The molecule has 1 aliphatic heterocycles. The Kier molecular flexibility index (Phi) is 4.91. The summed E-state index contributed by atoms with van der Waals surface area (Å²) in [4.78, 5) is 36.3. The fraction of sp³-hybridized carbons (Fsp3) is 0.786. The number of aldehydes is 1. The maximum absolute atomic E-state index is 12.1. The summed E-state index contributed by atoms with van der Waals surface area (Å²) in [6, 6.07) is -0.509. The van der Waals surface area contributed by atoms with E-state index in [1.54, 1.807) is 34.6 Å². The van der Waals surface area contributed by atoms with Gasteiger partial charge >= 0.3 is 6.09 Å². The molecule has 0 radical (unpaired) electrons. The third-order valence-electron chi connectivity index (χ3n) is 3.41. The van der Waals surface area contributed by atoms with Gasteiger partial charge in [0.1, 0.15) is 11.9 Å². The van der Waals surface area contributed by atoms with Crippen molar-refractivity contribution in [1.82, 2.24) is 4.90 Å². The lowest BCUT2D eigenvalue weighted by molar-refractivity contribution is -0.166. The highest BCUT2D eigenvalue weighted by molar-refractivity contribution is 6.00. The molecule has 0 bridgehead atoms. The number of carbonyl (C=O) groups is 3. The zero-order valence-electron chi connectivity index (χ0n) is 12.9. The minimum atomic E-state index is -0.708. The number of hydrogen-bond acceptors (Lipinski definition) is 5. The average Bonchev–Trinajstić information content (AvgIpc) is 2.32. The molecule has 0 aromatic heterocycles. The van der Waals surface area contributed by atoms with Gasteiger partial charge in [-0.25, -0.2) is 9.69 Å². The lowest BCUT2D eigenvalue weighted by Gasteiger charge is -2.48. The first-order valence-electron chi connectivity index (χ1n) is 6.68. The lowest BCUT2D eigenvalue weighted by Crippen LogP contribution is -2.69. The van der Waals surface area contributed by atoms with Crippen LogP contribution in [0.25, 0.3) is 0 Å². The van der Waals surface area contributed by atoms with Crippen LogP contribution in [0.15, 0.2) is 0 Å². The summed E-state index contributed by atoms with van der Waals surface area (Å²) in [5.41, 5.74) is -0.690. The molecule has 1 saturated heterocycles. The van der Waals surface area contributed by atoms with E-state index >= 15 is 0 Å². The van der Waals surface area contributed by atoms with Gasteiger partial charge in [-0.05, 0) is 27.7 Å².